The van der Waals surface area contributed by atoms with E-state index in [1.165, 1.54) is 6.33 Å². The van der Waals surface area contributed by atoms with Gasteiger partial charge in [-0.1, -0.05) is 25.1 Å². The molecule has 17 heavy (non-hydrogen) atoms. The lowest BCUT2D eigenvalue weighted by Gasteiger charge is -2.17. The van der Waals surface area contributed by atoms with Crippen molar-refractivity contribution in [2.75, 3.05) is 0 Å². The predicted molar refractivity (Wildman–Crippen MR) is 64.4 cm³/mol. The average molecular weight is 232 g/mol. The number of hydrogen-bond donors (Lipinski definition) is 3. The first-order chi connectivity index (χ1) is 8.31. The third-order valence-corrected chi connectivity index (χ3v) is 2.70. The highest BCUT2D eigenvalue weighted by atomic mass is 16.3. The largest absolute Gasteiger partial charge is 0.508 e. The summed E-state index contributed by atoms with van der Waals surface area (Å²) in [6.45, 7) is 2.68. The first kappa shape index (κ1) is 11.6. The van der Waals surface area contributed by atoms with E-state index in [0.29, 0.717) is 12.3 Å². The normalized spacial score (nSPS) is 12.5. The van der Waals surface area contributed by atoms with E-state index in [2.05, 4.69) is 27.4 Å². The maximum absolute atomic E-state index is 9.79. The van der Waals surface area contributed by atoms with E-state index >= 15 is 0 Å². The van der Waals surface area contributed by atoms with Crippen molar-refractivity contribution < 1.29 is 5.11 Å². The Morgan fingerprint density at radius 2 is 2.24 bits per heavy atom. The lowest BCUT2D eigenvalue weighted by atomic mass is 10.0. The molecule has 0 spiro atoms. The van der Waals surface area contributed by atoms with Crippen LogP contribution in [0.25, 0.3) is 0 Å². The van der Waals surface area contributed by atoms with Crippen LogP contribution >= 0.6 is 0 Å². The molecule has 0 radical (unpaired) electrons. The summed E-state index contributed by atoms with van der Waals surface area (Å²) in [5.74, 6) is 1.11. The number of benzene rings is 1. The van der Waals surface area contributed by atoms with E-state index in [9.17, 15) is 5.11 Å². The molecule has 0 saturated carbocycles. The number of rotatable bonds is 5. The number of nitrogens with one attached hydrogen (secondary N) is 2. The Hall–Kier alpha value is -1.88. The number of aromatic nitrogens is 3. The summed E-state index contributed by atoms with van der Waals surface area (Å²) >= 11 is 0. The molecule has 1 unspecified atom stereocenters. The Kier molecular flexibility index (Phi) is 3.72. The number of phenolic OH excluding ortho intramolecular Hbond substituents is 1. The smallest absolute Gasteiger partial charge is 0.138 e. The van der Waals surface area contributed by atoms with Crippen LogP contribution in [0, 0.1) is 0 Å². The summed E-state index contributed by atoms with van der Waals surface area (Å²) in [7, 11) is 0. The van der Waals surface area contributed by atoms with E-state index in [1.54, 1.807) is 6.07 Å². The molecule has 0 saturated heterocycles. The number of aromatic hydroxyl groups is 1. The Labute approximate surface area is 99.9 Å². The topological polar surface area (TPSA) is 73.8 Å². The molecule has 2 rings (SSSR count). The molecular weight excluding hydrogens is 216 g/mol. The van der Waals surface area contributed by atoms with Gasteiger partial charge in [-0.05, 0) is 12.5 Å². The highest BCUT2D eigenvalue weighted by Crippen LogP contribution is 2.25. The molecule has 3 N–H and O–H groups in total. The van der Waals surface area contributed by atoms with Crippen molar-refractivity contribution in [2.24, 2.45) is 0 Å². The minimum absolute atomic E-state index is 0.112. The minimum Gasteiger partial charge on any atom is -0.508 e. The van der Waals surface area contributed by atoms with Gasteiger partial charge in [0.15, 0.2) is 0 Å². The van der Waals surface area contributed by atoms with Crippen molar-refractivity contribution in [1.82, 2.24) is 20.5 Å². The first-order valence-electron chi connectivity index (χ1n) is 5.66. The van der Waals surface area contributed by atoms with Gasteiger partial charge >= 0.3 is 0 Å². The molecule has 1 heterocycles. The molecule has 0 fully saturated rings. The fraction of sp³-hybridized carbons (Fsp3) is 0.333. The van der Waals surface area contributed by atoms with Crippen LogP contribution in [0.2, 0.25) is 0 Å². The lowest BCUT2D eigenvalue weighted by Crippen LogP contribution is -2.21. The average Bonchev–Trinajstić information content (AvgIpc) is 2.85. The molecule has 0 amide bonds. The van der Waals surface area contributed by atoms with E-state index in [-0.39, 0.29) is 6.04 Å². The van der Waals surface area contributed by atoms with Gasteiger partial charge in [-0.25, -0.2) is 4.98 Å². The van der Waals surface area contributed by atoms with E-state index < -0.39 is 0 Å². The highest BCUT2D eigenvalue weighted by Gasteiger charge is 2.12. The Balaban J connectivity index is 2.04. The second-order valence-corrected chi connectivity index (χ2v) is 3.83. The molecular formula is C12H16N4O. The van der Waals surface area contributed by atoms with Gasteiger partial charge in [0.25, 0.3) is 0 Å². The number of H-pyrrole nitrogens is 1. The van der Waals surface area contributed by atoms with Gasteiger partial charge in [0, 0.05) is 11.6 Å². The highest BCUT2D eigenvalue weighted by molar-refractivity contribution is 5.34. The molecule has 90 valence electrons. The number of hydrogen-bond acceptors (Lipinski definition) is 4. The zero-order valence-corrected chi connectivity index (χ0v) is 9.72. The van der Waals surface area contributed by atoms with Crippen molar-refractivity contribution >= 4 is 0 Å². The first-order valence-corrected chi connectivity index (χ1v) is 5.66. The van der Waals surface area contributed by atoms with Gasteiger partial charge < -0.3 is 10.4 Å². The molecule has 5 heteroatoms. The monoisotopic (exact) mass is 232 g/mol. The zero-order chi connectivity index (χ0) is 12.1. The van der Waals surface area contributed by atoms with E-state index in [1.807, 2.05) is 18.2 Å². The van der Waals surface area contributed by atoms with Crippen LogP contribution in [0.5, 0.6) is 5.75 Å². The molecule has 1 aromatic carbocycles. The van der Waals surface area contributed by atoms with Gasteiger partial charge in [-0.3, -0.25) is 5.10 Å². The van der Waals surface area contributed by atoms with E-state index in [4.69, 9.17) is 0 Å². The SMILES string of the molecule is CCC(NCc1ncn[nH]1)c1ccccc1O. The number of nitrogens with zero attached hydrogens (tertiary/aromatic N) is 2. The second kappa shape index (κ2) is 5.45. The molecule has 0 aliphatic carbocycles. The van der Waals surface area contributed by atoms with Gasteiger partial charge in [0.05, 0.1) is 6.54 Å². The third-order valence-electron chi connectivity index (χ3n) is 2.70. The van der Waals surface area contributed by atoms with Crippen LogP contribution in [0.15, 0.2) is 30.6 Å². The minimum atomic E-state index is 0.112. The fourth-order valence-electron chi connectivity index (χ4n) is 1.79. The Morgan fingerprint density at radius 1 is 1.41 bits per heavy atom. The van der Waals surface area contributed by atoms with Gasteiger partial charge in [-0.15, -0.1) is 0 Å². The van der Waals surface area contributed by atoms with Crippen LogP contribution in [-0.2, 0) is 6.54 Å². The van der Waals surface area contributed by atoms with Crippen molar-refractivity contribution in [1.29, 1.82) is 0 Å². The third kappa shape index (κ3) is 2.82. The van der Waals surface area contributed by atoms with Crippen LogP contribution in [0.1, 0.15) is 30.8 Å². The van der Waals surface area contributed by atoms with Crippen LogP contribution in [-0.4, -0.2) is 20.3 Å². The summed E-state index contributed by atoms with van der Waals surface area (Å²) in [6, 6.07) is 7.49. The molecule has 1 atom stereocenters. The van der Waals surface area contributed by atoms with E-state index in [0.717, 1.165) is 17.8 Å². The van der Waals surface area contributed by atoms with Gasteiger partial charge in [0.1, 0.15) is 17.9 Å². The molecule has 0 bridgehead atoms. The maximum Gasteiger partial charge on any atom is 0.138 e. The van der Waals surface area contributed by atoms with Gasteiger partial charge in [-0.2, -0.15) is 5.10 Å². The second-order valence-electron chi connectivity index (χ2n) is 3.83. The molecule has 5 nitrogen and oxygen atoms in total. The van der Waals surface area contributed by atoms with Crippen LogP contribution in [0.4, 0.5) is 0 Å². The van der Waals surface area contributed by atoms with Crippen molar-refractivity contribution in [3.63, 3.8) is 0 Å². The van der Waals surface area contributed by atoms with Crippen LogP contribution in [0.3, 0.4) is 0 Å². The fourth-order valence-corrected chi connectivity index (χ4v) is 1.79. The molecule has 2 aromatic rings. The summed E-state index contributed by atoms with van der Waals surface area (Å²) in [5, 5.41) is 19.7. The quantitative estimate of drug-likeness (QED) is 0.734. The van der Waals surface area contributed by atoms with Crippen molar-refractivity contribution in [3.05, 3.63) is 42.0 Å². The van der Waals surface area contributed by atoms with Gasteiger partial charge in [0.2, 0.25) is 0 Å². The van der Waals surface area contributed by atoms with Crippen LogP contribution < -0.4 is 5.32 Å². The van der Waals surface area contributed by atoms with Crippen molar-refractivity contribution in [3.8, 4) is 5.75 Å². The summed E-state index contributed by atoms with van der Waals surface area (Å²) in [5.41, 5.74) is 0.912. The number of para-hydroxylation sites is 1. The lowest BCUT2D eigenvalue weighted by molar-refractivity contribution is 0.438. The standard InChI is InChI=1S/C12H16N4O/c1-2-10(9-5-3-4-6-11(9)17)13-7-12-14-8-15-16-12/h3-6,8,10,13,17H,2,7H2,1H3,(H,14,15,16). The predicted octanol–water partition coefficient (Wildman–Crippen LogP) is 1.75. The number of phenols is 1. The molecule has 0 aliphatic rings. The molecule has 1 aromatic heterocycles. The summed E-state index contributed by atoms with van der Waals surface area (Å²) < 4.78 is 0. The number of aromatic amines is 1. The van der Waals surface area contributed by atoms with Crippen molar-refractivity contribution in [2.45, 2.75) is 25.9 Å². The summed E-state index contributed by atoms with van der Waals surface area (Å²) in [6.07, 6.45) is 2.38. The summed E-state index contributed by atoms with van der Waals surface area (Å²) in [4.78, 5) is 4.05. The molecule has 0 aliphatic heterocycles. The maximum atomic E-state index is 9.79. The Bertz CT molecular complexity index is 455. The Morgan fingerprint density at radius 3 is 2.88 bits per heavy atom. The zero-order valence-electron chi connectivity index (χ0n) is 9.72.